The van der Waals surface area contributed by atoms with Gasteiger partial charge in [0.15, 0.2) is 0 Å². The second-order valence-corrected chi connectivity index (χ2v) is 6.81. The van der Waals surface area contributed by atoms with Crippen LogP contribution in [0, 0.1) is 11.3 Å². The summed E-state index contributed by atoms with van der Waals surface area (Å²) < 4.78 is 10.8. The third-order valence-electron chi connectivity index (χ3n) is 4.84. The molecule has 0 bridgehead atoms. The minimum atomic E-state index is 0.0286. The first-order valence-corrected chi connectivity index (χ1v) is 9.38. The van der Waals surface area contributed by atoms with E-state index in [0.717, 1.165) is 30.9 Å². The number of nitriles is 1. The van der Waals surface area contributed by atoms with E-state index in [4.69, 9.17) is 14.7 Å². The van der Waals surface area contributed by atoms with Crippen molar-refractivity contribution in [2.24, 2.45) is 0 Å². The van der Waals surface area contributed by atoms with Crippen LogP contribution in [0.5, 0.6) is 5.75 Å². The quantitative estimate of drug-likeness (QED) is 0.739. The van der Waals surface area contributed by atoms with E-state index in [-0.39, 0.29) is 12.5 Å². The number of carbonyl (C=O) groups is 1. The maximum Gasteiger partial charge on any atom is 0.248 e. The van der Waals surface area contributed by atoms with Crippen LogP contribution in [0.4, 0.5) is 0 Å². The standard InChI is InChI=1S/C22H25N3O3/c1-27-21-4-2-3-20(13-21)16-28-17-22(26)25-11-9-24(10-12-25)15-19-7-5-18(14-23)6-8-19/h2-8,13H,9-12,15-17H2,1H3. The number of ether oxygens (including phenoxy) is 2. The molecule has 2 aromatic rings. The Morgan fingerprint density at radius 2 is 1.82 bits per heavy atom. The molecule has 146 valence electrons. The number of nitrogens with zero attached hydrogens (tertiary/aromatic N) is 3. The molecule has 0 spiro atoms. The highest BCUT2D eigenvalue weighted by molar-refractivity contribution is 5.77. The largest absolute Gasteiger partial charge is 0.497 e. The summed E-state index contributed by atoms with van der Waals surface area (Å²) in [4.78, 5) is 16.6. The molecule has 1 amide bonds. The van der Waals surface area contributed by atoms with Crippen LogP contribution in [0.3, 0.4) is 0 Å². The summed E-state index contributed by atoms with van der Waals surface area (Å²) in [5, 5.41) is 8.87. The molecule has 0 atom stereocenters. The number of hydrogen-bond donors (Lipinski definition) is 0. The van der Waals surface area contributed by atoms with Gasteiger partial charge in [-0.25, -0.2) is 0 Å². The predicted molar refractivity (Wildman–Crippen MR) is 106 cm³/mol. The summed E-state index contributed by atoms with van der Waals surface area (Å²) >= 11 is 0. The summed E-state index contributed by atoms with van der Waals surface area (Å²) in [6, 6.07) is 17.4. The van der Waals surface area contributed by atoms with Gasteiger partial charge in [-0.3, -0.25) is 9.69 Å². The maximum atomic E-state index is 12.4. The van der Waals surface area contributed by atoms with Crippen molar-refractivity contribution in [1.29, 1.82) is 5.26 Å². The smallest absolute Gasteiger partial charge is 0.248 e. The zero-order chi connectivity index (χ0) is 19.8. The first-order chi connectivity index (χ1) is 13.7. The van der Waals surface area contributed by atoms with Crippen LogP contribution in [-0.4, -0.2) is 55.6 Å². The molecule has 1 aliphatic rings. The van der Waals surface area contributed by atoms with E-state index in [1.54, 1.807) is 7.11 Å². The molecule has 0 saturated carbocycles. The Labute approximate surface area is 165 Å². The molecule has 1 saturated heterocycles. The lowest BCUT2D eigenvalue weighted by Crippen LogP contribution is -2.49. The topological polar surface area (TPSA) is 65.8 Å². The van der Waals surface area contributed by atoms with Crippen LogP contribution < -0.4 is 4.74 Å². The van der Waals surface area contributed by atoms with Crippen molar-refractivity contribution in [2.75, 3.05) is 39.9 Å². The molecule has 1 heterocycles. The molecule has 6 nitrogen and oxygen atoms in total. The molecule has 2 aromatic carbocycles. The third-order valence-corrected chi connectivity index (χ3v) is 4.84. The molecular weight excluding hydrogens is 354 g/mol. The summed E-state index contributed by atoms with van der Waals surface area (Å²) in [7, 11) is 1.63. The fraction of sp³-hybridized carbons (Fsp3) is 0.364. The van der Waals surface area contributed by atoms with Crippen molar-refractivity contribution >= 4 is 5.91 Å². The van der Waals surface area contributed by atoms with Gasteiger partial charge < -0.3 is 14.4 Å². The molecule has 0 unspecified atom stereocenters. The van der Waals surface area contributed by atoms with Crippen molar-refractivity contribution in [3.8, 4) is 11.8 Å². The number of amides is 1. The van der Waals surface area contributed by atoms with Gasteiger partial charge in [0.25, 0.3) is 0 Å². The lowest BCUT2D eigenvalue weighted by molar-refractivity contribution is -0.138. The monoisotopic (exact) mass is 379 g/mol. The van der Waals surface area contributed by atoms with Crippen LogP contribution >= 0.6 is 0 Å². The van der Waals surface area contributed by atoms with Gasteiger partial charge in [-0.1, -0.05) is 24.3 Å². The molecule has 6 heteroatoms. The van der Waals surface area contributed by atoms with E-state index in [1.165, 1.54) is 5.56 Å². The third kappa shape index (κ3) is 5.56. The van der Waals surface area contributed by atoms with Crippen LogP contribution in [0.1, 0.15) is 16.7 Å². The Hall–Kier alpha value is -2.88. The fourth-order valence-corrected chi connectivity index (χ4v) is 3.21. The van der Waals surface area contributed by atoms with Crippen LogP contribution in [0.25, 0.3) is 0 Å². The predicted octanol–water partition coefficient (Wildman–Crippen LogP) is 2.43. The van der Waals surface area contributed by atoms with Crippen LogP contribution in [0.15, 0.2) is 48.5 Å². The Balaban J connectivity index is 1.39. The fourth-order valence-electron chi connectivity index (χ4n) is 3.21. The first-order valence-electron chi connectivity index (χ1n) is 9.38. The highest BCUT2D eigenvalue weighted by atomic mass is 16.5. The van der Waals surface area contributed by atoms with Crippen molar-refractivity contribution < 1.29 is 14.3 Å². The van der Waals surface area contributed by atoms with Crippen LogP contribution in [0.2, 0.25) is 0 Å². The number of carbonyl (C=O) groups excluding carboxylic acids is 1. The summed E-state index contributed by atoms with van der Waals surface area (Å²) in [5.41, 5.74) is 2.84. The molecule has 28 heavy (non-hydrogen) atoms. The van der Waals surface area contributed by atoms with Gasteiger partial charge in [0.05, 0.1) is 25.3 Å². The molecule has 0 N–H and O–H groups in total. The van der Waals surface area contributed by atoms with E-state index in [2.05, 4.69) is 11.0 Å². The molecule has 0 aliphatic carbocycles. The summed E-state index contributed by atoms with van der Waals surface area (Å²) in [5.74, 6) is 0.812. The van der Waals surface area contributed by atoms with E-state index in [9.17, 15) is 4.79 Å². The Morgan fingerprint density at radius 1 is 1.07 bits per heavy atom. The van der Waals surface area contributed by atoms with Crippen molar-refractivity contribution in [3.05, 3.63) is 65.2 Å². The van der Waals surface area contributed by atoms with Crippen molar-refractivity contribution in [1.82, 2.24) is 9.80 Å². The van der Waals surface area contributed by atoms with Gasteiger partial charge >= 0.3 is 0 Å². The molecule has 0 radical (unpaired) electrons. The minimum Gasteiger partial charge on any atom is -0.497 e. The maximum absolute atomic E-state index is 12.4. The van der Waals surface area contributed by atoms with Gasteiger partial charge in [0.2, 0.25) is 5.91 Å². The molecule has 3 rings (SSSR count). The number of rotatable bonds is 7. The second kappa shape index (κ2) is 9.88. The SMILES string of the molecule is COc1cccc(COCC(=O)N2CCN(Cc3ccc(C#N)cc3)CC2)c1. The number of methoxy groups -OCH3 is 1. The summed E-state index contributed by atoms with van der Waals surface area (Å²) in [6.07, 6.45) is 0. The van der Waals surface area contributed by atoms with Crippen molar-refractivity contribution in [2.45, 2.75) is 13.2 Å². The average molecular weight is 379 g/mol. The van der Waals surface area contributed by atoms with E-state index >= 15 is 0 Å². The van der Waals surface area contributed by atoms with Crippen LogP contribution in [-0.2, 0) is 22.7 Å². The molecule has 1 aliphatic heterocycles. The first kappa shape index (κ1) is 19.9. The summed E-state index contributed by atoms with van der Waals surface area (Å²) in [6.45, 7) is 4.40. The Kier molecular flexibility index (Phi) is 7.01. The van der Waals surface area contributed by atoms with Gasteiger partial charge in [-0.05, 0) is 35.4 Å². The lowest BCUT2D eigenvalue weighted by Gasteiger charge is -2.34. The highest BCUT2D eigenvalue weighted by Crippen LogP contribution is 2.14. The molecular formula is C22H25N3O3. The van der Waals surface area contributed by atoms with Gasteiger partial charge in [0.1, 0.15) is 12.4 Å². The highest BCUT2D eigenvalue weighted by Gasteiger charge is 2.21. The van der Waals surface area contributed by atoms with E-state index in [1.807, 2.05) is 53.4 Å². The number of hydrogen-bond acceptors (Lipinski definition) is 5. The van der Waals surface area contributed by atoms with E-state index < -0.39 is 0 Å². The minimum absolute atomic E-state index is 0.0286. The normalized spacial score (nSPS) is 14.5. The lowest BCUT2D eigenvalue weighted by atomic mass is 10.1. The average Bonchev–Trinajstić information content (AvgIpc) is 2.75. The number of benzene rings is 2. The van der Waals surface area contributed by atoms with Gasteiger partial charge in [0, 0.05) is 32.7 Å². The number of piperazine rings is 1. The van der Waals surface area contributed by atoms with Gasteiger partial charge in [-0.2, -0.15) is 5.26 Å². The molecule has 1 fully saturated rings. The van der Waals surface area contributed by atoms with Crippen molar-refractivity contribution in [3.63, 3.8) is 0 Å². The van der Waals surface area contributed by atoms with Gasteiger partial charge in [-0.15, -0.1) is 0 Å². The second-order valence-electron chi connectivity index (χ2n) is 6.81. The Morgan fingerprint density at radius 3 is 2.50 bits per heavy atom. The zero-order valence-electron chi connectivity index (χ0n) is 16.1. The van der Waals surface area contributed by atoms with E-state index in [0.29, 0.717) is 25.3 Å². The zero-order valence-corrected chi connectivity index (χ0v) is 16.1. The molecule has 0 aromatic heterocycles. The Bertz CT molecular complexity index is 822.